The molecule has 1 aliphatic rings. The number of fused-ring (bicyclic) bond motifs is 1. The Hall–Kier alpha value is -2.16. The van der Waals surface area contributed by atoms with Crippen molar-refractivity contribution in [3.8, 4) is 0 Å². The number of Topliss-reactive ketones (excluding diaryl/α,β-unsaturated/α-hetero) is 1. The maximum atomic E-state index is 12.7. The molecule has 160 valence electrons. The Bertz CT molecular complexity index is 1020. The summed E-state index contributed by atoms with van der Waals surface area (Å²) in [6.45, 7) is 1.67. The number of rotatable bonds is 8. The number of carbonyl (C=O) groups is 2. The highest BCUT2D eigenvalue weighted by atomic mass is 32.2. The first kappa shape index (κ1) is 22.5. The van der Waals surface area contributed by atoms with Gasteiger partial charge in [0.2, 0.25) is 15.9 Å². The lowest BCUT2D eigenvalue weighted by Gasteiger charge is -2.26. The van der Waals surface area contributed by atoms with Gasteiger partial charge in [0.05, 0.1) is 10.9 Å². The van der Waals surface area contributed by atoms with Crippen LogP contribution in [0.25, 0.3) is 0 Å². The molecule has 0 spiro atoms. The van der Waals surface area contributed by atoms with Crippen molar-refractivity contribution in [2.24, 2.45) is 0 Å². The van der Waals surface area contributed by atoms with Gasteiger partial charge in [-0.1, -0.05) is 30.3 Å². The van der Waals surface area contributed by atoms with Gasteiger partial charge in [0.1, 0.15) is 0 Å². The van der Waals surface area contributed by atoms with Crippen LogP contribution >= 0.6 is 11.8 Å². The lowest BCUT2D eigenvalue weighted by atomic mass is 10.0. The van der Waals surface area contributed by atoms with Crippen molar-refractivity contribution in [1.82, 2.24) is 9.62 Å². The molecule has 30 heavy (non-hydrogen) atoms. The van der Waals surface area contributed by atoms with Crippen molar-refractivity contribution >= 4 is 33.5 Å². The number of hydrogen-bond acceptors (Lipinski definition) is 5. The second-order valence-corrected chi connectivity index (χ2v) is 10.5. The highest BCUT2D eigenvalue weighted by Gasteiger charge is 2.23. The van der Waals surface area contributed by atoms with Gasteiger partial charge in [-0.05, 0) is 43.5 Å². The van der Waals surface area contributed by atoms with Gasteiger partial charge >= 0.3 is 0 Å². The second-order valence-electron chi connectivity index (χ2n) is 7.31. The van der Waals surface area contributed by atoms with E-state index in [9.17, 15) is 18.0 Å². The molecule has 0 fully saturated rings. The van der Waals surface area contributed by atoms with Crippen molar-refractivity contribution in [3.05, 3.63) is 59.7 Å². The Kier molecular flexibility index (Phi) is 7.33. The van der Waals surface area contributed by atoms with Crippen LogP contribution in [-0.2, 0) is 14.8 Å². The summed E-state index contributed by atoms with van der Waals surface area (Å²) in [5.41, 5.74) is 1.62. The van der Waals surface area contributed by atoms with Crippen LogP contribution in [0.5, 0.6) is 0 Å². The molecule has 0 bridgehead atoms. The van der Waals surface area contributed by atoms with Gasteiger partial charge in [0, 0.05) is 36.2 Å². The van der Waals surface area contributed by atoms with Gasteiger partial charge in [0.15, 0.2) is 5.78 Å². The fraction of sp³-hybridized carbons (Fsp3) is 0.364. The summed E-state index contributed by atoms with van der Waals surface area (Å²) in [5, 5.41) is 3.08. The molecule has 2 aromatic rings. The third-order valence-electron chi connectivity index (χ3n) is 5.14. The number of hydrogen-bond donors (Lipinski definition) is 1. The second kappa shape index (κ2) is 9.76. The predicted molar refractivity (Wildman–Crippen MR) is 118 cm³/mol. The number of amides is 1. The van der Waals surface area contributed by atoms with Gasteiger partial charge in [-0.25, -0.2) is 12.7 Å². The quantitative estimate of drug-likeness (QED) is 0.626. The number of benzene rings is 2. The van der Waals surface area contributed by atoms with E-state index in [0.717, 1.165) is 17.7 Å². The molecule has 0 unspecified atom stereocenters. The average Bonchev–Trinajstić information content (AvgIpc) is 2.74. The van der Waals surface area contributed by atoms with Crippen LogP contribution < -0.4 is 5.32 Å². The minimum Gasteiger partial charge on any atom is -0.349 e. The first-order chi connectivity index (χ1) is 14.3. The van der Waals surface area contributed by atoms with Gasteiger partial charge in [-0.2, -0.15) is 0 Å². The van der Waals surface area contributed by atoms with E-state index in [1.807, 2.05) is 18.2 Å². The summed E-state index contributed by atoms with van der Waals surface area (Å²) in [5.74, 6) is 0.779. The molecule has 0 aromatic heterocycles. The van der Waals surface area contributed by atoms with Gasteiger partial charge < -0.3 is 5.32 Å². The lowest BCUT2D eigenvalue weighted by Crippen LogP contribution is -2.32. The molecule has 0 aliphatic carbocycles. The first-order valence-electron chi connectivity index (χ1n) is 9.87. The predicted octanol–water partition coefficient (Wildman–Crippen LogP) is 3.64. The van der Waals surface area contributed by atoms with Crippen LogP contribution in [-0.4, -0.2) is 43.8 Å². The number of thioether (sulfide) groups is 1. The minimum atomic E-state index is -3.66. The molecule has 6 nitrogen and oxygen atoms in total. The highest BCUT2D eigenvalue weighted by molar-refractivity contribution is 7.99. The molecular weight excluding hydrogens is 420 g/mol. The van der Waals surface area contributed by atoms with Gasteiger partial charge in [0.25, 0.3) is 0 Å². The van der Waals surface area contributed by atoms with Crippen LogP contribution in [0.15, 0.2) is 58.3 Å². The van der Waals surface area contributed by atoms with Gasteiger partial charge in [-0.15, -0.1) is 11.8 Å². The molecule has 1 amide bonds. The molecule has 0 saturated heterocycles. The van der Waals surface area contributed by atoms with E-state index < -0.39 is 10.0 Å². The Morgan fingerprint density at radius 3 is 2.53 bits per heavy atom. The third kappa shape index (κ3) is 5.30. The highest BCUT2D eigenvalue weighted by Crippen LogP contribution is 2.35. The number of carbonyl (C=O) groups excluding carboxylic acids is 2. The van der Waals surface area contributed by atoms with Crippen LogP contribution in [0, 0.1) is 0 Å². The van der Waals surface area contributed by atoms with E-state index in [-0.39, 0.29) is 35.6 Å². The molecule has 0 radical (unpaired) electrons. The molecule has 1 atom stereocenters. The molecule has 1 heterocycles. The fourth-order valence-electron chi connectivity index (χ4n) is 3.38. The van der Waals surface area contributed by atoms with Crippen LogP contribution in [0.3, 0.4) is 0 Å². The Balaban J connectivity index is 1.52. The summed E-state index contributed by atoms with van der Waals surface area (Å²) in [6.07, 6.45) is 1.57. The smallest absolute Gasteiger partial charge is 0.242 e. The first-order valence-corrected chi connectivity index (χ1v) is 12.3. The molecule has 2 aromatic carbocycles. The maximum absolute atomic E-state index is 12.7. The van der Waals surface area contributed by atoms with E-state index in [1.54, 1.807) is 11.8 Å². The number of nitrogens with one attached hydrogen (secondary N) is 1. The van der Waals surface area contributed by atoms with Gasteiger partial charge in [-0.3, -0.25) is 9.59 Å². The largest absolute Gasteiger partial charge is 0.349 e. The number of ketones is 1. The van der Waals surface area contributed by atoms with E-state index in [2.05, 4.69) is 11.4 Å². The molecular formula is C22H26N2O4S2. The molecule has 8 heteroatoms. The normalized spacial score (nSPS) is 16.2. The summed E-state index contributed by atoms with van der Waals surface area (Å²) in [7, 11) is -2.16. The zero-order valence-corrected chi connectivity index (χ0v) is 18.8. The van der Waals surface area contributed by atoms with E-state index in [0.29, 0.717) is 12.0 Å². The summed E-state index contributed by atoms with van der Waals surface area (Å²) < 4.78 is 26.6. The fourth-order valence-corrected chi connectivity index (χ4v) is 5.72. The van der Waals surface area contributed by atoms with E-state index >= 15 is 0 Å². The van der Waals surface area contributed by atoms with E-state index in [1.165, 1.54) is 47.4 Å². The maximum Gasteiger partial charge on any atom is 0.242 e. The Labute approximate surface area is 182 Å². The van der Waals surface area contributed by atoms with Crippen molar-refractivity contribution in [2.45, 2.75) is 42.0 Å². The van der Waals surface area contributed by atoms with Crippen LogP contribution in [0.4, 0.5) is 0 Å². The minimum absolute atomic E-state index is 0.0104. The lowest BCUT2D eigenvalue weighted by molar-refractivity contribution is -0.122. The molecule has 1 aliphatic heterocycles. The molecule has 0 saturated carbocycles. The van der Waals surface area contributed by atoms with Crippen LogP contribution in [0.2, 0.25) is 0 Å². The van der Waals surface area contributed by atoms with Crippen LogP contribution in [0.1, 0.15) is 48.1 Å². The summed E-state index contributed by atoms with van der Waals surface area (Å²) >= 11 is 1.80. The Morgan fingerprint density at radius 2 is 1.83 bits per heavy atom. The van der Waals surface area contributed by atoms with E-state index in [4.69, 9.17) is 0 Å². The molecule has 1 N–H and O–H groups in total. The van der Waals surface area contributed by atoms with Crippen molar-refractivity contribution in [3.63, 3.8) is 0 Å². The monoisotopic (exact) mass is 446 g/mol. The Morgan fingerprint density at radius 1 is 1.13 bits per heavy atom. The number of nitrogens with zero attached hydrogens (tertiary/aromatic N) is 1. The molecule has 3 rings (SSSR count). The third-order valence-corrected chi connectivity index (χ3v) is 8.13. The van der Waals surface area contributed by atoms with Crippen molar-refractivity contribution < 1.29 is 18.0 Å². The average molecular weight is 447 g/mol. The zero-order chi connectivity index (χ0) is 21.7. The zero-order valence-electron chi connectivity index (χ0n) is 17.1. The number of sulfonamides is 1. The topological polar surface area (TPSA) is 83.6 Å². The van der Waals surface area contributed by atoms with Crippen molar-refractivity contribution in [2.75, 3.05) is 19.3 Å². The standard InChI is InChI=1S/C22H26N2O4S2/c1-16(25)17-9-11-18(12-10-17)30(27,28)24(2)14-5-8-22(26)23-20-13-15-29-21-7-4-3-6-19(20)21/h3-4,6-7,9-12,20H,5,8,13-15H2,1-2H3,(H,23,26)/t20-/m1/s1. The van der Waals surface area contributed by atoms with Crippen molar-refractivity contribution in [1.29, 1.82) is 0 Å². The SMILES string of the molecule is CC(=O)c1ccc(S(=O)(=O)N(C)CCCC(=O)N[C@@H]2CCSc3ccccc32)cc1. The summed E-state index contributed by atoms with van der Waals surface area (Å²) in [4.78, 5) is 25.1. The summed E-state index contributed by atoms with van der Waals surface area (Å²) in [6, 6.07) is 14.0.